The number of aromatic nitrogens is 1. The van der Waals surface area contributed by atoms with Crippen LogP contribution in [0.5, 0.6) is 0 Å². The molecule has 0 atom stereocenters. The van der Waals surface area contributed by atoms with Crippen LogP contribution < -0.4 is 15.1 Å². The molecule has 2 aliphatic rings. The third kappa shape index (κ3) is 4.35. The van der Waals surface area contributed by atoms with Crippen LogP contribution >= 0.6 is 24.0 Å². The lowest BCUT2D eigenvalue weighted by atomic mass is 10.2. The molecule has 0 bridgehead atoms. The van der Waals surface area contributed by atoms with E-state index in [4.69, 9.17) is 4.74 Å². The second-order valence-electron chi connectivity index (χ2n) is 6.52. The largest absolute Gasteiger partial charge is 0.378 e. The minimum atomic E-state index is 0. The first kappa shape index (κ1) is 19.9. The topological polar surface area (TPSA) is 53.0 Å². The maximum atomic E-state index is 5.47. The standard InChI is InChI=1S/C20H25N5O.HI/c1-21-20(25-10-8-16-5-2-3-7-18(16)25)23-15-17-6-4-9-22-19(17)24-11-13-26-14-12-24;/h2-7,9H,8,10-15H2,1H3,(H,21,23);1H. The average Bonchev–Trinajstić information content (AvgIpc) is 3.14. The number of fused-ring (bicyclic) bond motifs is 1. The van der Waals surface area contributed by atoms with E-state index in [1.54, 1.807) is 0 Å². The van der Waals surface area contributed by atoms with Gasteiger partial charge in [-0.1, -0.05) is 24.3 Å². The zero-order valence-electron chi connectivity index (χ0n) is 15.6. The van der Waals surface area contributed by atoms with E-state index >= 15 is 0 Å². The summed E-state index contributed by atoms with van der Waals surface area (Å²) >= 11 is 0. The van der Waals surface area contributed by atoms with E-state index in [9.17, 15) is 0 Å². The van der Waals surface area contributed by atoms with E-state index in [-0.39, 0.29) is 24.0 Å². The van der Waals surface area contributed by atoms with Gasteiger partial charge in [-0.25, -0.2) is 4.98 Å². The van der Waals surface area contributed by atoms with Crippen molar-refractivity contribution in [3.63, 3.8) is 0 Å². The molecule has 4 rings (SSSR count). The highest BCUT2D eigenvalue weighted by Crippen LogP contribution is 2.27. The van der Waals surface area contributed by atoms with Gasteiger partial charge in [-0.2, -0.15) is 0 Å². The lowest BCUT2D eigenvalue weighted by Gasteiger charge is -2.30. The average molecular weight is 479 g/mol. The summed E-state index contributed by atoms with van der Waals surface area (Å²) < 4.78 is 5.47. The van der Waals surface area contributed by atoms with Crippen LogP contribution in [0.25, 0.3) is 0 Å². The Morgan fingerprint density at radius 1 is 1.15 bits per heavy atom. The molecule has 0 spiro atoms. The molecule has 1 fully saturated rings. The summed E-state index contributed by atoms with van der Waals surface area (Å²) in [6, 6.07) is 12.7. The predicted octanol–water partition coefficient (Wildman–Crippen LogP) is 2.67. The van der Waals surface area contributed by atoms with Crippen LogP contribution in [0.15, 0.2) is 47.6 Å². The number of anilines is 2. The zero-order valence-corrected chi connectivity index (χ0v) is 17.9. The molecule has 1 aromatic carbocycles. The Balaban J connectivity index is 0.00000210. The van der Waals surface area contributed by atoms with Crippen molar-refractivity contribution in [1.82, 2.24) is 10.3 Å². The number of nitrogens with one attached hydrogen (secondary N) is 1. The number of ether oxygens (including phenoxy) is 1. The van der Waals surface area contributed by atoms with Crippen molar-refractivity contribution >= 4 is 41.4 Å². The Morgan fingerprint density at radius 2 is 1.96 bits per heavy atom. The molecule has 2 aromatic rings. The van der Waals surface area contributed by atoms with Crippen LogP contribution in [0.1, 0.15) is 11.1 Å². The lowest BCUT2D eigenvalue weighted by Crippen LogP contribution is -2.41. The van der Waals surface area contributed by atoms with Crippen molar-refractivity contribution in [3.8, 4) is 0 Å². The molecule has 3 heterocycles. The molecule has 144 valence electrons. The number of hydrogen-bond donors (Lipinski definition) is 1. The fraction of sp³-hybridized carbons (Fsp3) is 0.400. The van der Waals surface area contributed by atoms with Gasteiger partial charge in [0.15, 0.2) is 5.96 Å². The van der Waals surface area contributed by atoms with Gasteiger partial charge >= 0.3 is 0 Å². The summed E-state index contributed by atoms with van der Waals surface area (Å²) in [4.78, 5) is 13.7. The number of benzene rings is 1. The van der Waals surface area contributed by atoms with Gasteiger partial charge in [-0.15, -0.1) is 24.0 Å². The molecule has 0 unspecified atom stereocenters. The van der Waals surface area contributed by atoms with Gasteiger partial charge in [0.1, 0.15) is 5.82 Å². The van der Waals surface area contributed by atoms with Crippen LogP contribution in [-0.4, -0.2) is 50.8 Å². The summed E-state index contributed by atoms with van der Waals surface area (Å²) in [7, 11) is 1.84. The molecule has 0 amide bonds. The maximum absolute atomic E-state index is 5.47. The van der Waals surface area contributed by atoms with Crippen LogP contribution in [-0.2, 0) is 17.7 Å². The van der Waals surface area contributed by atoms with Gasteiger partial charge in [0, 0.05) is 50.7 Å². The highest BCUT2D eigenvalue weighted by atomic mass is 127. The summed E-state index contributed by atoms with van der Waals surface area (Å²) in [5.41, 5.74) is 3.81. The second kappa shape index (κ2) is 9.36. The monoisotopic (exact) mass is 479 g/mol. The molecule has 0 radical (unpaired) electrons. The summed E-state index contributed by atoms with van der Waals surface area (Å²) in [5, 5.41) is 3.53. The molecule has 6 nitrogen and oxygen atoms in total. The Bertz CT molecular complexity index is 791. The number of guanidine groups is 1. The number of aliphatic imine (C=N–C) groups is 1. The Labute approximate surface area is 177 Å². The number of para-hydroxylation sites is 1. The Hall–Kier alpha value is -1.87. The van der Waals surface area contributed by atoms with Crippen molar-refractivity contribution in [2.75, 3.05) is 49.7 Å². The lowest BCUT2D eigenvalue weighted by molar-refractivity contribution is 0.122. The Kier molecular flexibility index (Phi) is 6.89. The van der Waals surface area contributed by atoms with Crippen LogP contribution in [0.2, 0.25) is 0 Å². The summed E-state index contributed by atoms with van der Waals surface area (Å²) in [6.07, 6.45) is 2.92. The first-order chi connectivity index (χ1) is 12.9. The fourth-order valence-electron chi connectivity index (χ4n) is 3.66. The SMILES string of the molecule is CN=C(NCc1cccnc1N1CCOCC1)N1CCc2ccccc21.I. The van der Waals surface area contributed by atoms with Crippen molar-refractivity contribution in [2.45, 2.75) is 13.0 Å². The molecule has 1 N–H and O–H groups in total. The number of hydrogen-bond acceptors (Lipinski definition) is 4. The van der Waals surface area contributed by atoms with Crippen molar-refractivity contribution in [3.05, 3.63) is 53.7 Å². The van der Waals surface area contributed by atoms with E-state index in [0.717, 1.165) is 51.0 Å². The van der Waals surface area contributed by atoms with Crippen LogP contribution in [0.3, 0.4) is 0 Å². The molecular weight excluding hydrogens is 453 g/mol. The predicted molar refractivity (Wildman–Crippen MR) is 120 cm³/mol. The molecule has 0 saturated carbocycles. The van der Waals surface area contributed by atoms with Crippen molar-refractivity contribution in [1.29, 1.82) is 0 Å². The minimum absolute atomic E-state index is 0. The fourth-order valence-corrected chi connectivity index (χ4v) is 3.66. The normalized spacial score (nSPS) is 16.7. The number of nitrogens with zero attached hydrogens (tertiary/aromatic N) is 4. The van der Waals surface area contributed by atoms with Crippen molar-refractivity contribution in [2.24, 2.45) is 4.99 Å². The highest BCUT2D eigenvalue weighted by molar-refractivity contribution is 14.0. The molecule has 1 saturated heterocycles. The van der Waals surface area contributed by atoms with Gasteiger partial charge in [0.05, 0.1) is 13.2 Å². The number of rotatable bonds is 3. The van der Waals surface area contributed by atoms with E-state index in [0.29, 0.717) is 6.54 Å². The molecule has 7 heteroatoms. The number of morpholine rings is 1. The van der Waals surface area contributed by atoms with Gasteiger partial charge in [-0.05, 0) is 24.1 Å². The van der Waals surface area contributed by atoms with Crippen molar-refractivity contribution < 1.29 is 4.74 Å². The number of halogens is 1. The van der Waals surface area contributed by atoms with Gasteiger partial charge in [0.25, 0.3) is 0 Å². The smallest absolute Gasteiger partial charge is 0.198 e. The maximum Gasteiger partial charge on any atom is 0.198 e. The first-order valence-electron chi connectivity index (χ1n) is 9.19. The first-order valence-corrected chi connectivity index (χ1v) is 9.19. The van der Waals surface area contributed by atoms with E-state index in [1.165, 1.54) is 16.8 Å². The molecule has 1 aromatic heterocycles. The molecule has 27 heavy (non-hydrogen) atoms. The summed E-state index contributed by atoms with van der Waals surface area (Å²) in [5.74, 6) is 1.95. The number of pyridine rings is 1. The van der Waals surface area contributed by atoms with E-state index in [2.05, 4.69) is 55.4 Å². The van der Waals surface area contributed by atoms with Gasteiger partial charge in [-0.3, -0.25) is 4.99 Å². The van der Waals surface area contributed by atoms with Gasteiger partial charge < -0.3 is 19.9 Å². The highest BCUT2D eigenvalue weighted by Gasteiger charge is 2.23. The molecule has 2 aliphatic heterocycles. The van der Waals surface area contributed by atoms with Crippen LogP contribution in [0, 0.1) is 0 Å². The quantitative estimate of drug-likeness (QED) is 0.417. The van der Waals surface area contributed by atoms with E-state index in [1.807, 2.05) is 19.3 Å². The second-order valence-corrected chi connectivity index (χ2v) is 6.52. The third-order valence-electron chi connectivity index (χ3n) is 4.97. The van der Waals surface area contributed by atoms with Gasteiger partial charge in [0.2, 0.25) is 0 Å². The summed E-state index contributed by atoms with van der Waals surface area (Å²) in [6.45, 7) is 4.95. The molecular formula is C20H26IN5O. The van der Waals surface area contributed by atoms with Crippen LogP contribution in [0.4, 0.5) is 11.5 Å². The van der Waals surface area contributed by atoms with E-state index < -0.39 is 0 Å². The molecule has 0 aliphatic carbocycles. The zero-order chi connectivity index (χ0) is 17.8. The minimum Gasteiger partial charge on any atom is -0.378 e. The Morgan fingerprint density at radius 3 is 2.78 bits per heavy atom. The third-order valence-corrected chi connectivity index (χ3v) is 4.97.